The molecule has 1 aromatic carbocycles. The maximum absolute atomic E-state index is 9.14. The Morgan fingerprint density at radius 2 is 2.05 bits per heavy atom. The number of hydrogen-bond donors (Lipinski definition) is 2. The number of nitrogens with one attached hydrogen (secondary N) is 1. The minimum Gasteiger partial charge on any atom is -0.395 e. The van der Waals surface area contributed by atoms with Gasteiger partial charge in [-0.25, -0.2) is 0 Å². The molecular formula is C16H27ClN2O. The van der Waals surface area contributed by atoms with E-state index in [1.54, 1.807) is 0 Å². The second-order valence-electron chi connectivity index (χ2n) is 5.52. The van der Waals surface area contributed by atoms with Gasteiger partial charge in [-0.05, 0) is 36.6 Å². The van der Waals surface area contributed by atoms with E-state index in [2.05, 4.69) is 43.1 Å². The van der Waals surface area contributed by atoms with Gasteiger partial charge in [0.1, 0.15) is 0 Å². The molecule has 0 amide bonds. The van der Waals surface area contributed by atoms with Gasteiger partial charge in [-0.1, -0.05) is 38.4 Å². The maximum Gasteiger partial charge on any atom is 0.0642 e. The number of halogens is 1. The molecule has 1 aromatic rings. The molecular weight excluding hydrogens is 272 g/mol. The Morgan fingerprint density at radius 3 is 2.60 bits per heavy atom. The summed E-state index contributed by atoms with van der Waals surface area (Å²) in [7, 11) is 0. The lowest BCUT2D eigenvalue weighted by atomic mass is 10.1. The van der Waals surface area contributed by atoms with E-state index >= 15 is 0 Å². The van der Waals surface area contributed by atoms with Crippen LogP contribution in [0, 0.1) is 5.92 Å². The van der Waals surface area contributed by atoms with Crippen molar-refractivity contribution in [1.29, 1.82) is 0 Å². The summed E-state index contributed by atoms with van der Waals surface area (Å²) in [4.78, 5) is 2.13. The van der Waals surface area contributed by atoms with E-state index in [1.165, 1.54) is 5.56 Å². The monoisotopic (exact) mass is 298 g/mol. The van der Waals surface area contributed by atoms with Crippen molar-refractivity contribution in [1.82, 2.24) is 5.32 Å². The van der Waals surface area contributed by atoms with Crippen molar-refractivity contribution in [2.45, 2.75) is 33.7 Å². The van der Waals surface area contributed by atoms with Crippen molar-refractivity contribution in [3.05, 3.63) is 28.8 Å². The van der Waals surface area contributed by atoms with Crippen molar-refractivity contribution < 1.29 is 5.11 Å². The van der Waals surface area contributed by atoms with Crippen LogP contribution in [0.4, 0.5) is 5.69 Å². The van der Waals surface area contributed by atoms with Gasteiger partial charge >= 0.3 is 0 Å². The lowest BCUT2D eigenvalue weighted by Crippen LogP contribution is -2.27. The first-order valence-electron chi connectivity index (χ1n) is 7.43. The molecule has 1 rings (SSSR count). The van der Waals surface area contributed by atoms with Gasteiger partial charge in [-0.3, -0.25) is 0 Å². The Hall–Kier alpha value is -0.770. The molecule has 3 nitrogen and oxygen atoms in total. The first-order valence-corrected chi connectivity index (χ1v) is 7.81. The van der Waals surface area contributed by atoms with E-state index in [0.29, 0.717) is 12.5 Å². The van der Waals surface area contributed by atoms with Gasteiger partial charge in [-0.2, -0.15) is 0 Å². The molecule has 4 heteroatoms. The molecule has 0 atom stereocenters. The Kier molecular flexibility index (Phi) is 7.97. The minimum absolute atomic E-state index is 0.147. The Labute approximate surface area is 127 Å². The summed E-state index contributed by atoms with van der Waals surface area (Å²) in [6.07, 6.45) is 1.04. The molecule has 0 aliphatic carbocycles. The van der Waals surface area contributed by atoms with E-state index in [9.17, 15) is 0 Å². The highest BCUT2D eigenvalue weighted by molar-refractivity contribution is 6.33. The van der Waals surface area contributed by atoms with Crippen LogP contribution in [-0.2, 0) is 6.54 Å². The summed E-state index contributed by atoms with van der Waals surface area (Å²) in [6, 6.07) is 6.18. The van der Waals surface area contributed by atoms with E-state index < -0.39 is 0 Å². The molecule has 114 valence electrons. The average molecular weight is 299 g/mol. The van der Waals surface area contributed by atoms with Gasteiger partial charge in [0.05, 0.1) is 17.3 Å². The zero-order chi connectivity index (χ0) is 15.0. The van der Waals surface area contributed by atoms with Crippen molar-refractivity contribution in [2.24, 2.45) is 5.92 Å². The normalized spacial score (nSPS) is 11.1. The summed E-state index contributed by atoms with van der Waals surface area (Å²) in [5, 5.41) is 13.3. The van der Waals surface area contributed by atoms with Crippen LogP contribution in [-0.4, -0.2) is 31.3 Å². The molecule has 20 heavy (non-hydrogen) atoms. The zero-order valence-corrected chi connectivity index (χ0v) is 13.6. The zero-order valence-electron chi connectivity index (χ0n) is 12.8. The lowest BCUT2D eigenvalue weighted by Gasteiger charge is -2.24. The molecule has 0 aromatic heterocycles. The molecule has 0 bridgehead atoms. The highest BCUT2D eigenvalue weighted by Gasteiger charge is 2.09. The summed E-state index contributed by atoms with van der Waals surface area (Å²) >= 11 is 6.39. The Bertz CT molecular complexity index is 390. The first-order chi connectivity index (χ1) is 9.58. The Balaban J connectivity index is 2.70. The van der Waals surface area contributed by atoms with Crippen molar-refractivity contribution in [2.75, 3.05) is 31.1 Å². The third-order valence-corrected chi connectivity index (χ3v) is 3.40. The van der Waals surface area contributed by atoms with Gasteiger partial charge in [-0.15, -0.1) is 0 Å². The number of aliphatic hydroxyl groups is 1. The molecule has 0 fully saturated rings. The van der Waals surface area contributed by atoms with Crippen LogP contribution in [0.2, 0.25) is 5.02 Å². The van der Waals surface area contributed by atoms with E-state index in [-0.39, 0.29) is 6.61 Å². The SMILES string of the molecule is CCCN(CCO)c1ccc(CNCC(C)C)cc1Cl. The molecule has 0 unspecified atom stereocenters. The lowest BCUT2D eigenvalue weighted by molar-refractivity contribution is 0.302. The topological polar surface area (TPSA) is 35.5 Å². The number of benzene rings is 1. The number of anilines is 1. The molecule has 0 aliphatic heterocycles. The van der Waals surface area contributed by atoms with Crippen LogP contribution < -0.4 is 10.2 Å². The van der Waals surface area contributed by atoms with Crippen molar-refractivity contribution >= 4 is 17.3 Å². The third kappa shape index (κ3) is 5.70. The average Bonchev–Trinajstić information content (AvgIpc) is 2.38. The minimum atomic E-state index is 0.147. The van der Waals surface area contributed by atoms with Crippen LogP contribution in [0.5, 0.6) is 0 Å². The third-order valence-electron chi connectivity index (χ3n) is 3.10. The van der Waals surface area contributed by atoms with E-state index in [4.69, 9.17) is 16.7 Å². The highest BCUT2D eigenvalue weighted by Crippen LogP contribution is 2.27. The number of nitrogens with zero attached hydrogens (tertiary/aromatic N) is 1. The number of hydrogen-bond acceptors (Lipinski definition) is 3. The highest BCUT2D eigenvalue weighted by atomic mass is 35.5. The molecule has 0 aliphatic rings. The van der Waals surface area contributed by atoms with Crippen LogP contribution in [0.25, 0.3) is 0 Å². The number of rotatable bonds is 9. The summed E-state index contributed by atoms with van der Waals surface area (Å²) in [5.74, 6) is 0.648. The molecule has 0 saturated heterocycles. The quantitative estimate of drug-likeness (QED) is 0.734. The number of aliphatic hydroxyl groups excluding tert-OH is 1. The fraction of sp³-hybridized carbons (Fsp3) is 0.625. The smallest absolute Gasteiger partial charge is 0.0642 e. The van der Waals surface area contributed by atoms with Crippen LogP contribution in [0.15, 0.2) is 18.2 Å². The van der Waals surface area contributed by atoms with Crippen LogP contribution >= 0.6 is 11.6 Å². The predicted molar refractivity (Wildman–Crippen MR) is 87.6 cm³/mol. The molecule has 2 N–H and O–H groups in total. The fourth-order valence-corrected chi connectivity index (χ4v) is 2.49. The molecule has 0 spiro atoms. The van der Waals surface area contributed by atoms with Crippen molar-refractivity contribution in [3.8, 4) is 0 Å². The second-order valence-corrected chi connectivity index (χ2v) is 5.93. The molecule has 0 saturated carbocycles. The van der Waals surface area contributed by atoms with E-state index in [1.807, 2.05) is 6.07 Å². The standard InChI is InChI=1S/C16H27ClN2O/c1-4-7-19(8-9-20)16-6-5-14(10-15(16)17)12-18-11-13(2)3/h5-6,10,13,18,20H,4,7-9,11-12H2,1-3H3. The van der Waals surface area contributed by atoms with Crippen LogP contribution in [0.1, 0.15) is 32.8 Å². The maximum atomic E-state index is 9.14. The van der Waals surface area contributed by atoms with Gasteiger partial charge < -0.3 is 15.3 Å². The summed E-state index contributed by atoms with van der Waals surface area (Å²) < 4.78 is 0. The van der Waals surface area contributed by atoms with Crippen molar-refractivity contribution in [3.63, 3.8) is 0 Å². The second kappa shape index (κ2) is 9.22. The predicted octanol–water partition coefficient (Wildman–Crippen LogP) is 3.29. The largest absolute Gasteiger partial charge is 0.395 e. The van der Waals surface area contributed by atoms with Gasteiger partial charge in [0.25, 0.3) is 0 Å². The van der Waals surface area contributed by atoms with Gasteiger partial charge in [0.2, 0.25) is 0 Å². The summed E-state index contributed by atoms with van der Waals surface area (Å²) in [6.45, 7) is 10.0. The first kappa shape index (κ1) is 17.3. The van der Waals surface area contributed by atoms with Gasteiger partial charge in [0.15, 0.2) is 0 Å². The fourth-order valence-electron chi connectivity index (χ4n) is 2.17. The molecule has 0 radical (unpaired) electrons. The molecule has 0 heterocycles. The summed E-state index contributed by atoms with van der Waals surface area (Å²) in [5.41, 5.74) is 2.20. The van der Waals surface area contributed by atoms with Crippen LogP contribution in [0.3, 0.4) is 0 Å². The van der Waals surface area contributed by atoms with E-state index in [0.717, 1.165) is 36.8 Å². The van der Waals surface area contributed by atoms with Gasteiger partial charge in [0, 0.05) is 19.6 Å². The Morgan fingerprint density at radius 1 is 1.30 bits per heavy atom.